The molecule has 166 valence electrons. The van der Waals surface area contributed by atoms with Crippen LogP contribution >= 0.6 is 12.2 Å². The lowest BCUT2D eigenvalue weighted by Crippen LogP contribution is -2.41. The molecule has 0 spiro atoms. The van der Waals surface area contributed by atoms with Crippen molar-refractivity contribution in [2.75, 3.05) is 26.1 Å². The second-order valence-corrected chi connectivity index (χ2v) is 7.86. The van der Waals surface area contributed by atoms with Crippen LogP contribution in [-0.4, -0.2) is 42.8 Å². The lowest BCUT2D eigenvalue weighted by Gasteiger charge is -2.32. The first-order valence-electron chi connectivity index (χ1n) is 10.6. The zero-order chi connectivity index (χ0) is 22.2. The van der Waals surface area contributed by atoms with Crippen LogP contribution in [0.4, 0.5) is 5.69 Å². The maximum Gasteiger partial charge on any atom is 0.338 e. The number of nitrogens with zero attached hydrogens (tertiary/aromatic N) is 1. The molecule has 1 N–H and O–H groups in total. The Hall–Kier alpha value is -2.80. The average molecular weight is 443 g/mol. The molecule has 1 aliphatic rings. The van der Waals surface area contributed by atoms with Crippen molar-refractivity contribution in [3.05, 3.63) is 53.6 Å². The van der Waals surface area contributed by atoms with Crippen LogP contribution in [0.2, 0.25) is 0 Å². The van der Waals surface area contributed by atoms with E-state index in [4.69, 9.17) is 26.4 Å². The van der Waals surface area contributed by atoms with E-state index in [9.17, 15) is 4.79 Å². The summed E-state index contributed by atoms with van der Waals surface area (Å²) in [6, 6.07) is 13.4. The largest absolute Gasteiger partial charge is 0.497 e. The molecule has 0 atom stereocenters. The van der Waals surface area contributed by atoms with Crippen LogP contribution in [0.25, 0.3) is 0 Å². The SMILES string of the molecule is CCOC(=O)c1ccc(NC(=S)N(Cc2ccc(OC)cc2OC)C2CCCC2)cc1. The highest BCUT2D eigenvalue weighted by Crippen LogP contribution is 2.30. The summed E-state index contributed by atoms with van der Waals surface area (Å²) in [7, 11) is 3.31. The van der Waals surface area contributed by atoms with Crippen molar-refractivity contribution < 1.29 is 19.0 Å². The highest BCUT2D eigenvalue weighted by molar-refractivity contribution is 7.80. The van der Waals surface area contributed by atoms with Gasteiger partial charge in [-0.1, -0.05) is 12.8 Å². The number of ether oxygens (including phenoxy) is 3. The van der Waals surface area contributed by atoms with E-state index in [1.165, 1.54) is 12.8 Å². The van der Waals surface area contributed by atoms with E-state index in [-0.39, 0.29) is 5.97 Å². The third-order valence-corrected chi connectivity index (χ3v) is 5.85. The molecule has 3 rings (SSSR count). The lowest BCUT2D eigenvalue weighted by atomic mass is 10.1. The number of methoxy groups -OCH3 is 2. The van der Waals surface area contributed by atoms with E-state index < -0.39 is 0 Å². The molecule has 1 saturated carbocycles. The summed E-state index contributed by atoms with van der Waals surface area (Å²) in [5.41, 5.74) is 2.41. The molecular formula is C24H30N2O4S. The van der Waals surface area contributed by atoms with Crippen molar-refractivity contribution in [2.24, 2.45) is 0 Å². The van der Waals surface area contributed by atoms with Gasteiger partial charge in [-0.05, 0) is 68.4 Å². The van der Waals surface area contributed by atoms with Gasteiger partial charge in [0, 0.05) is 29.9 Å². The standard InChI is InChI=1S/C24H30N2O4S/c1-4-30-23(27)17-9-12-19(13-10-17)25-24(31)26(20-7-5-6-8-20)16-18-11-14-21(28-2)15-22(18)29-3/h9-15,20H,4-8,16H2,1-3H3,(H,25,31). The van der Waals surface area contributed by atoms with Crippen molar-refractivity contribution in [1.29, 1.82) is 0 Å². The molecule has 31 heavy (non-hydrogen) atoms. The minimum absolute atomic E-state index is 0.323. The molecule has 0 saturated heterocycles. The quantitative estimate of drug-likeness (QED) is 0.455. The lowest BCUT2D eigenvalue weighted by molar-refractivity contribution is 0.0526. The van der Waals surface area contributed by atoms with Crippen molar-refractivity contribution in [2.45, 2.75) is 45.2 Å². The third kappa shape index (κ3) is 5.88. The smallest absolute Gasteiger partial charge is 0.338 e. The van der Waals surface area contributed by atoms with E-state index in [0.29, 0.717) is 29.9 Å². The van der Waals surface area contributed by atoms with Gasteiger partial charge < -0.3 is 24.4 Å². The van der Waals surface area contributed by atoms with Gasteiger partial charge in [-0.3, -0.25) is 0 Å². The Morgan fingerprint density at radius 3 is 2.42 bits per heavy atom. The number of benzene rings is 2. The van der Waals surface area contributed by atoms with E-state index in [2.05, 4.69) is 10.2 Å². The van der Waals surface area contributed by atoms with Gasteiger partial charge in [0.15, 0.2) is 5.11 Å². The Bertz CT molecular complexity index is 895. The molecule has 2 aromatic carbocycles. The highest BCUT2D eigenvalue weighted by atomic mass is 32.1. The number of hydrogen-bond acceptors (Lipinski definition) is 5. The van der Waals surface area contributed by atoms with E-state index in [1.807, 2.05) is 30.3 Å². The van der Waals surface area contributed by atoms with Crippen molar-refractivity contribution >= 4 is 29.0 Å². The first-order chi connectivity index (χ1) is 15.0. The number of thiocarbonyl (C=S) groups is 1. The Balaban J connectivity index is 1.76. The molecule has 0 heterocycles. The fourth-order valence-electron chi connectivity index (χ4n) is 3.85. The Kier molecular flexibility index (Phi) is 8.12. The number of carbonyl (C=O) groups excluding carboxylic acids is 1. The van der Waals surface area contributed by atoms with Crippen LogP contribution in [-0.2, 0) is 11.3 Å². The van der Waals surface area contributed by atoms with Crippen molar-refractivity contribution in [3.63, 3.8) is 0 Å². The number of hydrogen-bond donors (Lipinski definition) is 1. The Labute approximate surface area is 189 Å². The predicted octanol–water partition coefficient (Wildman–Crippen LogP) is 5.02. The van der Waals surface area contributed by atoms with Gasteiger partial charge in [0.2, 0.25) is 0 Å². The first-order valence-corrected chi connectivity index (χ1v) is 11.0. The van der Waals surface area contributed by atoms with Crippen LogP contribution in [0, 0.1) is 0 Å². The summed E-state index contributed by atoms with van der Waals surface area (Å²) < 4.78 is 16.0. The summed E-state index contributed by atoms with van der Waals surface area (Å²) in [6.07, 6.45) is 4.64. The fraction of sp³-hybridized carbons (Fsp3) is 0.417. The van der Waals surface area contributed by atoms with E-state index >= 15 is 0 Å². The van der Waals surface area contributed by atoms with Gasteiger partial charge in [-0.25, -0.2) is 4.79 Å². The van der Waals surface area contributed by atoms with Crippen LogP contribution in [0.5, 0.6) is 11.5 Å². The van der Waals surface area contributed by atoms with E-state index in [0.717, 1.165) is 35.6 Å². The van der Waals surface area contributed by atoms with Gasteiger partial charge in [0.1, 0.15) is 11.5 Å². The van der Waals surface area contributed by atoms with E-state index in [1.54, 1.807) is 33.3 Å². The minimum atomic E-state index is -0.323. The van der Waals surface area contributed by atoms with Crippen LogP contribution in [0.1, 0.15) is 48.5 Å². The number of carbonyl (C=O) groups is 1. The van der Waals surface area contributed by atoms with Crippen molar-refractivity contribution in [1.82, 2.24) is 4.90 Å². The molecule has 1 fully saturated rings. The predicted molar refractivity (Wildman–Crippen MR) is 126 cm³/mol. The number of esters is 1. The molecular weight excluding hydrogens is 412 g/mol. The summed E-state index contributed by atoms with van der Waals surface area (Å²) >= 11 is 5.81. The van der Waals surface area contributed by atoms with Crippen LogP contribution < -0.4 is 14.8 Å². The summed E-state index contributed by atoms with van der Waals surface area (Å²) in [5, 5.41) is 4.00. The summed E-state index contributed by atoms with van der Waals surface area (Å²) in [5.74, 6) is 1.22. The Morgan fingerprint density at radius 2 is 1.81 bits per heavy atom. The monoisotopic (exact) mass is 442 g/mol. The van der Waals surface area contributed by atoms with Gasteiger partial charge in [0.05, 0.1) is 26.4 Å². The molecule has 0 bridgehead atoms. The zero-order valence-electron chi connectivity index (χ0n) is 18.3. The fourth-order valence-corrected chi connectivity index (χ4v) is 4.18. The number of rotatable bonds is 8. The third-order valence-electron chi connectivity index (χ3n) is 5.51. The maximum absolute atomic E-state index is 11.9. The molecule has 7 heteroatoms. The summed E-state index contributed by atoms with van der Waals surface area (Å²) in [6.45, 7) is 2.79. The average Bonchev–Trinajstić information content (AvgIpc) is 3.32. The second kappa shape index (κ2) is 11.0. The van der Waals surface area contributed by atoms with Crippen LogP contribution in [0.15, 0.2) is 42.5 Å². The molecule has 2 aromatic rings. The van der Waals surface area contributed by atoms with Gasteiger partial charge in [-0.15, -0.1) is 0 Å². The topological polar surface area (TPSA) is 60.0 Å². The van der Waals surface area contributed by atoms with Gasteiger partial charge >= 0.3 is 5.97 Å². The highest BCUT2D eigenvalue weighted by Gasteiger charge is 2.26. The van der Waals surface area contributed by atoms with Gasteiger partial charge in [-0.2, -0.15) is 0 Å². The first kappa shape index (κ1) is 22.9. The number of anilines is 1. The Morgan fingerprint density at radius 1 is 1.10 bits per heavy atom. The molecule has 0 radical (unpaired) electrons. The maximum atomic E-state index is 11.9. The zero-order valence-corrected chi connectivity index (χ0v) is 19.2. The molecule has 1 aliphatic carbocycles. The normalized spacial score (nSPS) is 13.5. The molecule has 0 unspecified atom stereocenters. The second-order valence-electron chi connectivity index (χ2n) is 7.47. The molecule has 0 amide bonds. The molecule has 6 nitrogen and oxygen atoms in total. The molecule has 0 aliphatic heterocycles. The summed E-state index contributed by atoms with van der Waals surface area (Å²) in [4.78, 5) is 14.1. The van der Waals surface area contributed by atoms with Crippen molar-refractivity contribution in [3.8, 4) is 11.5 Å². The minimum Gasteiger partial charge on any atom is -0.497 e. The van der Waals surface area contributed by atoms with Crippen LogP contribution in [0.3, 0.4) is 0 Å². The number of nitrogens with one attached hydrogen (secondary N) is 1. The molecule has 0 aromatic heterocycles. The van der Waals surface area contributed by atoms with Gasteiger partial charge in [0.25, 0.3) is 0 Å².